The van der Waals surface area contributed by atoms with Crippen molar-refractivity contribution < 1.29 is 9.90 Å². The second-order valence-corrected chi connectivity index (χ2v) is 4.87. The van der Waals surface area contributed by atoms with Crippen molar-refractivity contribution >= 4 is 5.97 Å². The Balaban J connectivity index is 2.23. The van der Waals surface area contributed by atoms with E-state index in [1.807, 2.05) is 23.9 Å². The molecule has 3 atom stereocenters. The Labute approximate surface area is 95.3 Å². The topological polar surface area (TPSA) is 55.1 Å². The van der Waals surface area contributed by atoms with Gasteiger partial charge in [0.15, 0.2) is 0 Å². The zero-order valence-corrected chi connectivity index (χ0v) is 9.76. The molecule has 1 saturated carbocycles. The Morgan fingerprint density at radius 1 is 1.56 bits per heavy atom. The summed E-state index contributed by atoms with van der Waals surface area (Å²) in [6.45, 7) is 4.11. The molecule has 4 nitrogen and oxygen atoms in total. The number of rotatable bonds is 2. The van der Waals surface area contributed by atoms with Gasteiger partial charge in [0.1, 0.15) is 0 Å². The highest BCUT2D eigenvalue weighted by atomic mass is 16.4. The van der Waals surface area contributed by atoms with Crippen LogP contribution in [0.3, 0.4) is 0 Å². The zero-order chi connectivity index (χ0) is 11.7. The first-order valence-electron chi connectivity index (χ1n) is 5.82. The summed E-state index contributed by atoms with van der Waals surface area (Å²) in [5.41, 5.74) is 0.947. The normalized spacial score (nSPS) is 30.2. The van der Waals surface area contributed by atoms with Crippen LogP contribution < -0.4 is 0 Å². The summed E-state index contributed by atoms with van der Waals surface area (Å²) < 4.78 is 1.84. The van der Waals surface area contributed by atoms with Gasteiger partial charge in [0.25, 0.3) is 0 Å². The molecule has 0 spiro atoms. The van der Waals surface area contributed by atoms with Gasteiger partial charge in [-0.25, -0.2) is 0 Å². The Kier molecular flexibility index (Phi) is 2.99. The minimum Gasteiger partial charge on any atom is -0.481 e. The molecule has 1 aromatic rings. The molecule has 2 rings (SSSR count). The fraction of sp³-hybridized carbons (Fsp3) is 0.667. The second-order valence-electron chi connectivity index (χ2n) is 4.87. The van der Waals surface area contributed by atoms with Crippen LogP contribution in [0, 0.1) is 18.8 Å². The van der Waals surface area contributed by atoms with E-state index < -0.39 is 5.97 Å². The van der Waals surface area contributed by atoms with Gasteiger partial charge in [-0.3, -0.25) is 9.48 Å². The highest BCUT2D eigenvalue weighted by Crippen LogP contribution is 2.36. The molecule has 3 unspecified atom stereocenters. The van der Waals surface area contributed by atoms with Crippen molar-refractivity contribution in [3.63, 3.8) is 0 Å². The standard InChI is InChI=1S/C12H18N2O2/c1-8-3-4-10(12(15)16)11(7-8)14-6-5-9(2)13-14/h5-6,8,10-11H,3-4,7H2,1-2H3,(H,15,16). The van der Waals surface area contributed by atoms with E-state index in [4.69, 9.17) is 0 Å². The van der Waals surface area contributed by atoms with Crippen LogP contribution in [0.25, 0.3) is 0 Å². The number of nitrogens with zero attached hydrogens (tertiary/aromatic N) is 2. The lowest BCUT2D eigenvalue weighted by Gasteiger charge is -2.32. The monoisotopic (exact) mass is 222 g/mol. The van der Waals surface area contributed by atoms with Crippen LogP contribution in [0.4, 0.5) is 0 Å². The third-order valence-electron chi connectivity index (χ3n) is 3.48. The number of carboxylic acids is 1. The maximum Gasteiger partial charge on any atom is 0.308 e. The van der Waals surface area contributed by atoms with E-state index in [2.05, 4.69) is 12.0 Å². The maximum atomic E-state index is 11.2. The van der Waals surface area contributed by atoms with Gasteiger partial charge in [0.05, 0.1) is 17.7 Å². The number of aryl methyl sites for hydroxylation is 1. The number of carbonyl (C=O) groups is 1. The molecule has 1 N–H and O–H groups in total. The molecule has 1 aliphatic carbocycles. The number of hydrogen-bond acceptors (Lipinski definition) is 2. The third-order valence-corrected chi connectivity index (χ3v) is 3.48. The number of hydrogen-bond donors (Lipinski definition) is 1. The first kappa shape index (κ1) is 11.2. The van der Waals surface area contributed by atoms with E-state index in [0.29, 0.717) is 5.92 Å². The number of aliphatic carboxylic acids is 1. The lowest BCUT2D eigenvalue weighted by atomic mass is 9.79. The minimum absolute atomic E-state index is 0.0231. The summed E-state index contributed by atoms with van der Waals surface area (Å²) in [6.07, 6.45) is 4.58. The fourth-order valence-corrected chi connectivity index (χ4v) is 2.55. The molecule has 1 heterocycles. The number of carboxylic acid groups (broad SMARTS) is 1. The van der Waals surface area contributed by atoms with E-state index in [0.717, 1.165) is 25.0 Å². The highest BCUT2D eigenvalue weighted by Gasteiger charge is 2.35. The average Bonchev–Trinajstić information content (AvgIpc) is 2.64. The Morgan fingerprint density at radius 3 is 2.88 bits per heavy atom. The van der Waals surface area contributed by atoms with E-state index in [-0.39, 0.29) is 12.0 Å². The molecular formula is C12H18N2O2. The lowest BCUT2D eigenvalue weighted by Crippen LogP contribution is -2.32. The van der Waals surface area contributed by atoms with Crippen LogP contribution >= 0.6 is 0 Å². The van der Waals surface area contributed by atoms with Crippen LogP contribution in [-0.2, 0) is 4.79 Å². The van der Waals surface area contributed by atoms with Crippen LogP contribution in [0.1, 0.15) is 37.9 Å². The Hall–Kier alpha value is -1.32. The van der Waals surface area contributed by atoms with Gasteiger partial charge in [0.2, 0.25) is 0 Å². The third kappa shape index (κ3) is 2.10. The van der Waals surface area contributed by atoms with Crippen LogP contribution in [-0.4, -0.2) is 20.9 Å². The highest BCUT2D eigenvalue weighted by molar-refractivity contribution is 5.70. The molecule has 0 aromatic carbocycles. The average molecular weight is 222 g/mol. The van der Waals surface area contributed by atoms with E-state index in [1.54, 1.807) is 0 Å². The molecule has 1 fully saturated rings. The molecule has 0 radical (unpaired) electrons. The van der Waals surface area contributed by atoms with Crippen molar-refractivity contribution in [3.8, 4) is 0 Å². The van der Waals surface area contributed by atoms with Crippen molar-refractivity contribution in [1.29, 1.82) is 0 Å². The van der Waals surface area contributed by atoms with E-state index >= 15 is 0 Å². The number of aromatic nitrogens is 2. The van der Waals surface area contributed by atoms with Crippen LogP contribution in [0.15, 0.2) is 12.3 Å². The summed E-state index contributed by atoms with van der Waals surface area (Å²) >= 11 is 0. The van der Waals surface area contributed by atoms with Crippen LogP contribution in [0.5, 0.6) is 0 Å². The summed E-state index contributed by atoms with van der Waals surface area (Å²) in [7, 11) is 0. The van der Waals surface area contributed by atoms with Crippen molar-refractivity contribution in [2.75, 3.05) is 0 Å². The Morgan fingerprint density at radius 2 is 2.31 bits per heavy atom. The van der Waals surface area contributed by atoms with Crippen LogP contribution in [0.2, 0.25) is 0 Å². The van der Waals surface area contributed by atoms with Gasteiger partial charge in [-0.1, -0.05) is 6.92 Å². The van der Waals surface area contributed by atoms with Crippen molar-refractivity contribution in [1.82, 2.24) is 9.78 Å². The molecule has 0 bridgehead atoms. The Bertz CT molecular complexity index is 386. The quantitative estimate of drug-likeness (QED) is 0.835. The summed E-state index contributed by atoms with van der Waals surface area (Å²) in [4.78, 5) is 11.2. The zero-order valence-electron chi connectivity index (χ0n) is 9.76. The van der Waals surface area contributed by atoms with Crippen molar-refractivity contribution in [3.05, 3.63) is 18.0 Å². The smallest absolute Gasteiger partial charge is 0.308 e. The van der Waals surface area contributed by atoms with Crippen molar-refractivity contribution in [2.24, 2.45) is 11.8 Å². The van der Waals surface area contributed by atoms with Gasteiger partial charge in [0, 0.05) is 6.20 Å². The molecular weight excluding hydrogens is 204 g/mol. The molecule has 1 aliphatic rings. The van der Waals surface area contributed by atoms with Gasteiger partial charge in [-0.15, -0.1) is 0 Å². The second kappa shape index (κ2) is 4.28. The molecule has 0 amide bonds. The van der Waals surface area contributed by atoms with Crippen molar-refractivity contribution in [2.45, 2.75) is 39.2 Å². The summed E-state index contributed by atoms with van der Waals surface area (Å²) in [5.74, 6) is -0.384. The maximum absolute atomic E-state index is 11.2. The molecule has 88 valence electrons. The molecule has 16 heavy (non-hydrogen) atoms. The van der Waals surface area contributed by atoms with E-state index in [9.17, 15) is 9.90 Å². The summed E-state index contributed by atoms with van der Waals surface area (Å²) in [5, 5.41) is 13.6. The summed E-state index contributed by atoms with van der Waals surface area (Å²) in [6, 6.07) is 1.95. The minimum atomic E-state index is -0.690. The molecule has 4 heteroatoms. The van der Waals surface area contributed by atoms with Gasteiger partial charge >= 0.3 is 5.97 Å². The molecule has 1 aromatic heterocycles. The van der Waals surface area contributed by atoms with Gasteiger partial charge in [-0.05, 0) is 38.2 Å². The molecule has 0 aliphatic heterocycles. The lowest BCUT2D eigenvalue weighted by molar-refractivity contribution is -0.145. The SMILES string of the molecule is Cc1ccn(C2CC(C)CCC2C(=O)O)n1. The van der Waals surface area contributed by atoms with E-state index in [1.165, 1.54) is 0 Å². The predicted molar refractivity (Wildman–Crippen MR) is 60.1 cm³/mol. The fourth-order valence-electron chi connectivity index (χ4n) is 2.55. The largest absolute Gasteiger partial charge is 0.481 e. The first-order valence-corrected chi connectivity index (χ1v) is 5.82. The van der Waals surface area contributed by atoms with Gasteiger partial charge in [-0.2, -0.15) is 5.10 Å². The predicted octanol–water partition coefficient (Wildman–Crippen LogP) is 2.25. The molecule has 0 saturated heterocycles. The van der Waals surface area contributed by atoms with Gasteiger partial charge < -0.3 is 5.11 Å². The first-order chi connectivity index (χ1) is 7.58.